The Morgan fingerprint density at radius 3 is 2.50 bits per heavy atom. The van der Waals surface area contributed by atoms with Crippen molar-refractivity contribution in [1.82, 2.24) is 0 Å². The van der Waals surface area contributed by atoms with Gasteiger partial charge in [0.15, 0.2) is 0 Å². The molecule has 0 aliphatic heterocycles. The van der Waals surface area contributed by atoms with Gasteiger partial charge in [-0.3, -0.25) is 0 Å². The number of rotatable bonds is 0. The fourth-order valence-electron chi connectivity index (χ4n) is 4.65. The van der Waals surface area contributed by atoms with E-state index in [-0.39, 0.29) is 5.41 Å². The normalized spacial score (nSPS) is 23.9. The van der Waals surface area contributed by atoms with Crippen LogP contribution in [-0.2, 0) is 5.41 Å². The molecule has 2 aliphatic carbocycles. The zero-order valence-electron chi connectivity index (χ0n) is 15.3. The smallest absolute Gasteiger partial charge is 0.0578 e. The Labute approximate surface area is 155 Å². The minimum absolute atomic E-state index is 0.170. The van der Waals surface area contributed by atoms with Crippen molar-refractivity contribution in [3.05, 3.63) is 107 Å². The molecule has 3 aromatic rings. The van der Waals surface area contributed by atoms with Gasteiger partial charge in [-0.25, -0.2) is 0 Å². The van der Waals surface area contributed by atoms with Crippen molar-refractivity contribution in [2.24, 2.45) is 0 Å². The van der Waals surface area contributed by atoms with Gasteiger partial charge in [-0.05, 0) is 58.9 Å². The van der Waals surface area contributed by atoms with Crippen LogP contribution >= 0.6 is 0 Å². The second-order valence-corrected chi connectivity index (χ2v) is 7.51. The van der Waals surface area contributed by atoms with Crippen LogP contribution in [0.15, 0.2) is 85.0 Å². The van der Waals surface area contributed by atoms with E-state index >= 15 is 0 Å². The van der Waals surface area contributed by atoms with E-state index in [1.54, 1.807) is 0 Å². The van der Waals surface area contributed by atoms with Gasteiger partial charge in [0, 0.05) is 0 Å². The van der Waals surface area contributed by atoms with Crippen LogP contribution in [0.1, 0.15) is 28.7 Å². The summed E-state index contributed by atoms with van der Waals surface area (Å²) in [5, 5.41) is 2.72. The van der Waals surface area contributed by atoms with Crippen LogP contribution in [0.25, 0.3) is 21.9 Å². The summed E-state index contributed by atoms with van der Waals surface area (Å²) in [5.41, 5.74) is 8.10. The molecule has 0 fully saturated rings. The van der Waals surface area contributed by atoms with E-state index in [0.29, 0.717) is 0 Å². The topological polar surface area (TPSA) is 0 Å². The van der Waals surface area contributed by atoms with Crippen LogP contribution in [0.5, 0.6) is 0 Å². The van der Waals surface area contributed by atoms with E-state index in [1.807, 2.05) is 0 Å². The predicted molar refractivity (Wildman–Crippen MR) is 112 cm³/mol. The van der Waals surface area contributed by atoms with Crippen molar-refractivity contribution in [2.75, 3.05) is 0 Å². The lowest BCUT2D eigenvalue weighted by Gasteiger charge is -2.26. The molecule has 0 aromatic heterocycles. The molecule has 0 radical (unpaired) electrons. The van der Waals surface area contributed by atoms with Gasteiger partial charge in [0.1, 0.15) is 0 Å². The molecule has 0 saturated carbocycles. The van der Waals surface area contributed by atoms with Crippen LogP contribution in [0.3, 0.4) is 0 Å². The van der Waals surface area contributed by atoms with Crippen molar-refractivity contribution in [3.63, 3.8) is 0 Å². The summed E-state index contributed by atoms with van der Waals surface area (Å²) in [6, 6.07) is 18.2. The van der Waals surface area contributed by atoms with Gasteiger partial charge in [-0.1, -0.05) is 90.6 Å². The number of benzene rings is 3. The Kier molecular flexibility index (Phi) is 3.30. The van der Waals surface area contributed by atoms with Crippen molar-refractivity contribution < 1.29 is 0 Å². The summed E-state index contributed by atoms with van der Waals surface area (Å²) in [6.45, 7) is 4.43. The molecule has 0 nitrogen and oxygen atoms in total. The lowest BCUT2D eigenvalue weighted by molar-refractivity contribution is 0.836. The number of hydrogen-bond donors (Lipinski definition) is 0. The van der Waals surface area contributed by atoms with E-state index in [0.717, 1.165) is 6.42 Å². The molecule has 126 valence electrons. The van der Waals surface area contributed by atoms with Crippen LogP contribution in [-0.4, -0.2) is 0 Å². The van der Waals surface area contributed by atoms with Crippen molar-refractivity contribution in [1.29, 1.82) is 0 Å². The van der Waals surface area contributed by atoms with Gasteiger partial charge in [-0.15, -0.1) is 0 Å². The predicted octanol–water partition coefficient (Wildman–Crippen LogP) is 6.80. The first kappa shape index (κ1) is 15.4. The second kappa shape index (κ2) is 5.57. The third-order valence-corrected chi connectivity index (χ3v) is 5.85. The molecular formula is C26H22. The maximum absolute atomic E-state index is 2.41. The highest BCUT2D eigenvalue weighted by Gasteiger charge is 2.40. The van der Waals surface area contributed by atoms with E-state index in [1.165, 1.54) is 44.2 Å². The standard InChI is InChI=1S/C26H22/c1-18-12-13-22-23(16-18)26(14-8-4-3-5-9-15-26)24-17-19(2)20-10-6-7-11-21(20)25(22)24/h3-4,6-17H,5H2,1-2H3/b4-3-,14-8-,15-9-. The number of hydrogen-bond acceptors (Lipinski definition) is 0. The molecule has 0 heterocycles. The molecule has 3 aromatic carbocycles. The van der Waals surface area contributed by atoms with E-state index in [4.69, 9.17) is 0 Å². The van der Waals surface area contributed by atoms with Crippen molar-refractivity contribution >= 4 is 10.8 Å². The highest BCUT2D eigenvalue weighted by molar-refractivity contribution is 6.04. The quantitative estimate of drug-likeness (QED) is 0.397. The van der Waals surface area contributed by atoms with Crippen molar-refractivity contribution in [3.8, 4) is 11.1 Å². The highest BCUT2D eigenvalue weighted by atomic mass is 14.4. The Hall–Kier alpha value is -2.86. The van der Waals surface area contributed by atoms with Crippen molar-refractivity contribution in [2.45, 2.75) is 25.7 Å². The lowest BCUT2D eigenvalue weighted by Crippen LogP contribution is -2.20. The number of allylic oxidation sites excluding steroid dienone is 6. The fraction of sp³-hybridized carbons (Fsp3) is 0.154. The molecule has 5 rings (SSSR count). The summed E-state index contributed by atoms with van der Waals surface area (Å²) in [6.07, 6.45) is 14.7. The Morgan fingerprint density at radius 2 is 1.62 bits per heavy atom. The van der Waals surface area contributed by atoms with Gasteiger partial charge in [0.25, 0.3) is 0 Å². The monoisotopic (exact) mass is 334 g/mol. The summed E-state index contributed by atoms with van der Waals surface area (Å²) >= 11 is 0. The highest BCUT2D eigenvalue weighted by Crippen LogP contribution is 2.54. The Balaban J connectivity index is 1.98. The average molecular weight is 334 g/mol. The Bertz CT molecular complexity index is 1120. The molecule has 26 heavy (non-hydrogen) atoms. The van der Waals surface area contributed by atoms with Crippen LogP contribution in [0.4, 0.5) is 0 Å². The molecule has 1 atom stereocenters. The molecule has 1 spiro atoms. The largest absolute Gasteiger partial charge is 0.0832 e. The van der Waals surface area contributed by atoms with E-state index in [9.17, 15) is 0 Å². The van der Waals surface area contributed by atoms with Gasteiger partial charge < -0.3 is 0 Å². The molecule has 0 saturated heterocycles. The minimum Gasteiger partial charge on any atom is -0.0832 e. The van der Waals surface area contributed by atoms with Gasteiger partial charge in [0.05, 0.1) is 5.41 Å². The maximum Gasteiger partial charge on any atom is 0.0578 e. The summed E-state index contributed by atoms with van der Waals surface area (Å²) in [5.74, 6) is 0. The third-order valence-electron chi connectivity index (χ3n) is 5.85. The zero-order valence-corrected chi connectivity index (χ0v) is 15.3. The van der Waals surface area contributed by atoms with Gasteiger partial charge in [-0.2, -0.15) is 0 Å². The van der Waals surface area contributed by atoms with E-state index in [2.05, 4.69) is 98.8 Å². The van der Waals surface area contributed by atoms with Crippen LogP contribution in [0.2, 0.25) is 0 Å². The molecule has 0 amide bonds. The summed E-state index contributed by atoms with van der Waals surface area (Å²) < 4.78 is 0. The first-order chi connectivity index (χ1) is 12.7. The SMILES string of the molecule is Cc1ccc2c(c1)C1(/C=C\C=C/C/C=C\1)c1cc(C)c3ccccc3c1-2. The molecule has 0 N–H and O–H groups in total. The number of aryl methyl sites for hydroxylation is 2. The fourth-order valence-corrected chi connectivity index (χ4v) is 4.65. The second-order valence-electron chi connectivity index (χ2n) is 7.51. The van der Waals surface area contributed by atoms with Gasteiger partial charge >= 0.3 is 0 Å². The first-order valence-corrected chi connectivity index (χ1v) is 9.37. The zero-order chi connectivity index (χ0) is 17.7. The summed E-state index contributed by atoms with van der Waals surface area (Å²) in [4.78, 5) is 0. The maximum atomic E-state index is 2.41. The molecular weight excluding hydrogens is 312 g/mol. The molecule has 2 aliphatic rings. The number of fused-ring (bicyclic) bond motifs is 7. The first-order valence-electron chi connectivity index (χ1n) is 9.37. The minimum atomic E-state index is -0.170. The summed E-state index contributed by atoms with van der Waals surface area (Å²) in [7, 11) is 0. The van der Waals surface area contributed by atoms with Gasteiger partial charge in [0.2, 0.25) is 0 Å². The molecule has 0 bridgehead atoms. The molecule has 0 heteroatoms. The van der Waals surface area contributed by atoms with Crippen LogP contribution < -0.4 is 0 Å². The Morgan fingerprint density at radius 1 is 0.769 bits per heavy atom. The average Bonchev–Trinajstić information content (AvgIpc) is 2.88. The van der Waals surface area contributed by atoms with Crippen LogP contribution in [0, 0.1) is 13.8 Å². The lowest BCUT2D eigenvalue weighted by atomic mass is 9.76. The molecule has 1 unspecified atom stereocenters. The third kappa shape index (κ3) is 2.02. The van der Waals surface area contributed by atoms with E-state index < -0.39 is 0 Å².